The van der Waals surface area contributed by atoms with Crippen LogP contribution in [0.25, 0.3) is 0 Å². The summed E-state index contributed by atoms with van der Waals surface area (Å²) >= 11 is 0. The second kappa shape index (κ2) is 12.5. The first-order valence-electron chi connectivity index (χ1n) is 11.4. The minimum atomic E-state index is -0.492. The predicted octanol–water partition coefficient (Wildman–Crippen LogP) is 3.66. The maximum atomic E-state index is 11.6. The van der Waals surface area contributed by atoms with Gasteiger partial charge in [0.2, 0.25) is 0 Å². The van der Waals surface area contributed by atoms with Crippen LogP contribution in [-0.4, -0.2) is 48.8 Å². The number of rotatable bonds is 10. The van der Waals surface area contributed by atoms with Crippen LogP contribution in [0.15, 0.2) is 61.2 Å². The molecule has 0 aliphatic carbocycles. The number of nitrogens with zero attached hydrogens (tertiary/aromatic N) is 1. The van der Waals surface area contributed by atoms with Crippen LogP contribution in [0, 0.1) is 0 Å². The highest BCUT2D eigenvalue weighted by Gasteiger charge is 2.32. The van der Waals surface area contributed by atoms with Gasteiger partial charge in [0, 0.05) is 38.2 Å². The van der Waals surface area contributed by atoms with Gasteiger partial charge in [-0.2, -0.15) is 0 Å². The van der Waals surface area contributed by atoms with Gasteiger partial charge in [-0.1, -0.05) is 54.6 Å². The SMILES string of the molecule is C=CCN(C)C[C@H]1C[C@@H](c2ccc(CO)cc2)O[C@@H](c2ccc(CNC(=O)NCC)cc2)O1. The summed E-state index contributed by atoms with van der Waals surface area (Å²) in [5, 5.41) is 14.9. The van der Waals surface area contributed by atoms with Gasteiger partial charge >= 0.3 is 6.03 Å². The van der Waals surface area contributed by atoms with Crippen molar-refractivity contribution in [3.8, 4) is 0 Å². The van der Waals surface area contributed by atoms with E-state index in [0.29, 0.717) is 13.1 Å². The second-order valence-electron chi connectivity index (χ2n) is 8.31. The normalized spacial score (nSPS) is 20.4. The molecule has 7 nitrogen and oxygen atoms in total. The third-order valence-corrected chi connectivity index (χ3v) is 5.61. The molecule has 1 aliphatic rings. The highest BCUT2D eigenvalue weighted by Crippen LogP contribution is 2.38. The van der Waals surface area contributed by atoms with Crippen molar-refractivity contribution in [2.45, 2.75) is 45.0 Å². The van der Waals surface area contributed by atoms with Crippen LogP contribution in [-0.2, 0) is 22.6 Å². The molecule has 1 heterocycles. The van der Waals surface area contributed by atoms with Crippen LogP contribution in [0.4, 0.5) is 4.79 Å². The van der Waals surface area contributed by atoms with Crippen molar-refractivity contribution < 1.29 is 19.4 Å². The minimum Gasteiger partial charge on any atom is -0.392 e. The van der Waals surface area contributed by atoms with Crippen molar-refractivity contribution in [2.75, 3.05) is 26.7 Å². The molecular weight excluding hydrogens is 418 g/mol. The molecule has 3 atom stereocenters. The Kier molecular flexibility index (Phi) is 9.45. The number of amides is 2. The molecule has 33 heavy (non-hydrogen) atoms. The number of aliphatic hydroxyl groups is 1. The number of likely N-dealkylation sites (N-methyl/N-ethyl adjacent to an activating group) is 1. The number of urea groups is 1. The summed E-state index contributed by atoms with van der Waals surface area (Å²) in [6.45, 7) is 8.33. The van der Waals surface area contributed by atoms with Crippen LogP contribution in [0.2, 0.25) is 0 Å². The monoisotopic (exact) mass is 453 g/mol. The van der Waals surface area contributed by atoms with E-state index in [-0.39, 0.29) is 24.8 Å². The molecule has 0 saturated carbocycles. The topological polar surface area (TPSA) is 83.1 Å². The Morgan fingerprint density at radius 2 is 1.76 bits per heavy atom. The third kappa shape index (κ3) is 7.40. The molecule has 3 rings (SSSR count). The fraction of sp³-hybridized carbons (Fsp3) is 0.423. The number of nitrogens with one attached hydrogen (secondary N) is 2. The fourth-order valence-corrected chi connectivity index (χ4v) is 3.87. The first-order valence-corrected chi connectivity index (χ1v) is 11.4. The molecular formula is C26H35N3O4. The van der Waals surface area contributed by atoms with E-state index in [9.17, 15) is 9.90 Å². The number of aliphatic hydroxyl groups excluding tert-OH is 1. The summed E-state index contributed by atoms with van der Waals surface area (Å²) in [7, 11) is 2.05. The summed E-state index contributed by atoms with van der Waals surface area (Å²) < 4.78 is 12.7. The van der Waals surface area contributed by atoms with Crippen molar-refractivity contribution in [3.63, 3.8) is 0 Å². The molecule has 2 aromatic carbocycles. The van der Waals surface area contributed by atoms with E-state index in [1.54, 1.807) is 0 Å². The van der Waals surface area contributed by atoms with Crippen LogP contribution in [0.1, 0.15) is 48.0 Å². The van der Waals surface area contributed by atoms with Gasteiger partial charge in [-0.05, 0) is 30.7 Å². The average molecular weight is 454 g/mol. The summed E-state index contributed by atoms with van der Waals surface area (Å²) in [6, 6.07) is 15.6. The van der Waals surface area contributed by atoms with Gasteiger partial charge in [-0.25, -0.2) is 4.79 Å². The van der Waals surface area contributed by atoms with Crippen molar-refractivity contribution >= 4 is 6.03 Å². The molecule has 1 saturated heterocycles. The summed E-state index contributed by atoms with van der Waals surface area (Å²) in [5.41, 5.74) is 3.88. The zero-order valence-electron chi connectivity index (χ0n) is 19.5. The number of hydrogen-bond acceptors (Lipinski definition) is 5. The molecule has 0 spiro atoms. The van der Waals surface area contributed by atoms with Gasteiger partial charge in [0.1, 0.15) is 0 Å². The summed E-state index contributed by atoms with van der Waals surface area (Å²) in [6.07, 6.45) is 2.02. The maximum Gasteiger partial charge on any atom is 0.315 e. The molecule has 178 valence electrons. The van der Waals surface area contributed by atoms with E-state index in [1.165, 1.54) is 0 Å². The molecule has 1 fully saturated rings. The molecule has 3 N–H and O–H groups in total. The Balaban J connectivity index is 1.72. The van der Waals surface area contributed by atoms with Gasteiger partial charge in [0.05, 0.1) is 18.8 Å². The largest absolute Gasteiger partial charge is 0.392 e. The van der Waals surface area contributed by atoms with E-state index in [1.807, 2.05) is 61.5 Å². The zero-order chi connectivity index (χ0) is 23.6. The second-order valence-corrected chi connectivity index (χ2v) is 8.31. The van der Waals surface area contributed by atoms with E-state index in [0.717, 1.165) is 41.8 Å². The van der Waals surface area contributed by atoms with Gasteiger partial charge < -0.3 is 30.1 Å². The molecule has 2 aromatic rings. The minimum absolute atomic E-state index is 0.00435. The number of carbonyl (C=O) groups is 1. The quantitative estimate of drug-likeness (QED) is 0.478. The molecule has 0 aromatic heterocycles. The lowest BCUT2D eigenvalue weighted by atomic mass is 9.99. The highest BCUT2D eigenvalue weighted by atomic mass is 16.7. The lowest BCUT2D eigenvalue weighted by Gasteiger charge is -2.37. The molecule has 0 radical (unpaired) electrons. The van der Waals surface area contributed by atoms with Crippen molar-refractivity contribution in [2.24, 2.45) is 0 Å². The van der Waals surface area contributed by atoms with Crippen LogP contribution < -0.4 is 10.6 Å². The van der Waals surface area contributed by atoms with Crippen molar-refractivity contribution in [1.82, 2.24) is 15.5 Å². The van der Waals surface area contributed by atoms with E-state index >= 15 is 0 Å². The van der Waals surface area contributed by atoms with E-state index in [4.69, 9.17) is 9.47 Å². The zero-order valence-corrected chi connectivity index (χ0v) is 19.5. The first-order chi connectivity index (χ1) is 16.0. The summed E-state index contributed by atoms with van der Waals surface area (Å²) in [5.74, 6) is 0. The van der Waals surface area contributed by atoms with Crippen LogP contribution in [0.3, 0.4) is 0 Å². The van der Waals surface area contributed by atoms with Crippen molar-refractivity contribution in [1.29, 1.82) is 0 Å². The van der Waals surface area contributed by atoms with E-state index < -0.39 is 6.29 Å². The molecule has 0 unspecified atom stereocenters. The number of ether oxygens (including phenoxy) is 2. The lowest BCUT2D eigenvalue weighted by Crippen LogP contribution is -2.37. The van der Waals surface area contributed by atoms with Gasteiger partial charge in [0.25, 0.3) is 0 Å². The summed E-state index contributed by atoms with van der Waals surface area (Å²) in [4.78, 5) is 13.8. The Morgan fingerprint density at radius 1 is 1.09 bits per heavy atom. The Labute approximate surface area is 196 Å². The average Bonchev–Trinajstić information content (AvgIpc) is 2.83. The maximum absolute atomic E-state index is 11.6. The number of hydrogen-bond donors (Lipinski definition) is 3. The Morgan fingerprint density at radius 3 is 2.39 bits per heavy atom. The first kappa shape index (κ1) is 24.9. The lowest BCUT2D eigenvalue weighted by molar-refractivity contribution is -0.252. The number of benzene rings is 2. The Hall–Kier alpha value is -2.71. The smallest absolute Gasteiger partial charge is 0.315 e. The van der Waals surface area contributed by atoms with Gasteiger partial charge in [-0.15, -0.1) is 6.58 Å². The van der Waals surface area contributed by atoms with Gasteiger partial charge in [-0.3, -0.25) is 0 Å². The van der Waals surface area contributed by atoms with E-state index in [2.05, 4.69) is 29.2 Å². The predicted molar refractivity (Wildman–Crippen MR) is 128 cm³/mol. The number of carbonyl (C=O) groups excluding carboxylic acids is 1. The Bertz CT molecular complexity index is 885. The highest BCUT2D eigenvalue weighted by molar-refractivity contribution is 5.73. The molecule has 1 aliphatic heterocycles. The molecule has 7 heteroatoms. The van der Waals surface area contributed by atoms with Crippen LogP contribution in [0.5, 0.6) is 0 Å². The van der Waals surface area contributed by atoms with Crippen molar-refractivity contribution in [3.05, 3.63) is 83.4 Å². The molecule has 0 bridgehead atoms. The fourth-order valence-electron chi connectivity index (χ4n) is 3.87. The van der Waals surface area contributed by atoms with Crippen LogP contribution >= 0.6 is 0 Å². The standard InChI is InChI=1S/C26H35N3O4/c1-4-14-29(3)17-23-15-24(21-10-8-20(18-30)9-11-21)33-25(32-23)22-12-6-19(7-13-22)16-28-26(31)27-5-2/h4,6-13,23-25,30H,1,5,14-18H2,2-3H3,(H2,27,28,31)/t23-,24+,25+/m1/s1. The van der Waals surface area contributed by atoms with Gasteiger partial charge in [0.15, 0.2) is 6.29 Å². The molecule has 2 amide bonds. The third-order valence-electron chi connectivity index (χ3n) is 5.61.